The molecule has 0 radical (unpaired) electrons. The molecule has 0 heterocycles. The minimum absolute atomic E-state index is 0.0116. The van der Waals surface area contributed by atoms with Crippen LogP contribution in [0.2, 0.25) is 0 Å². The first kappa shape index (κ1) is 58.1. The number of allylic oxidation sites excluding steroid dienone is 13. The molecule has 1 unspecified atom stereocenters. The fourth-order valence-corrected chi connectivity index (χ4v) is 6.48. The smallest absolute Gasteiger partial charge is 0.462 e. The average Bonchev–Trinajstić information content (AvgIpc) is 3.21. The lowest BCUT2D eigenvalue weighted by Crippen LogP contribution is -2.37. The van der Waals surface area contributed by atoms with E-state index < -0.39 is 32.5 Å². The Hall–Kier alpha value is -2.85. The van der Waals surface area contributed by atoms with E-state index in [1.807, 2.05) is 52.4 Å². The Balaban J connectivity index is 4.44. The van der Waals surface area contributed by atoms with Gasteiger partial charge in [-0.05, 0) is 77.0 Å². The molecule has 61 heavy (non-hydrogen) atoms. The molecular formula is C50H87NO9P+. The largest absolute Gasteiger partial charge is 0.472 e. The second-order valence-corrected chi connectivity index (χ2v) is 18.1. The number of esters is 2. The maximum atomic E-state index is 12.7. The van der Waals surface area contributed by atoms with Crippen molar-refractivity contribution in [3.63, 3.8) is 0 Å². The van der Waals surface area contributed by atoms with E-state index in [-0.39, 0.29) is 32.2 Å². The first-order valence-electron chi connectivity index (χ1n) is 23.4. The Morgan fingerprint density at radius 3 is 1.64 bits per heavy atom. The molecule has 0 saturated heterocycles. The molecule has 0 aliphatic heterocycles. The Morgan fingerprint density at radius 2 is 1.08 bits per heavy atom. The summed E-state index contributed by atoms with van der Waals surface area (Å²) in [7, 11) is 1.41. The molecule has 10 nitrogen and oxygen atoms in total. The lowest BCUT2D eigenvalue weighted by Gasteiger charge is -2.24. The van der Waals surface area contributed by atoms with Gasteiger partial charge in [-0.25, -0.2) is 4.57 Å². The molecule has 0 aromatic carbocycles. The number of phosphoric acid groups is 1. The zero-order valence-electron chi connectivity index (χ0n) is 39.0. The Bertz CT molecular complexity index is 1330. The van der Waals surface area contributed by atoms with Crippen LogP contribution in [0.4, 0.5) is 0 Å². The van der Waals surface area contributed by atoms with Crippen molar-refractivity contribution in [3.05, 3.63) is 85.1 Å². The maximum Gasteiger partial charge on any atom is 0.472 e. The predicted octanol–water partition coefficient (Wildman–Crippen LogP) is 12.5. The fourth-order valence-electron chi connectivity index (χ4n) is 5.74. The number of phosphoric ester groups is 1. The van der Waals surface area contributed by atoms with Gasteiger partial charge in [0.2, 0.25) is 0 Å². The SMILES string of the molecule is CCCCC/C=C\C/C=C\CCCCCCCCCCCC(=O)O[C@H](COC(=O)CCC/C=C\C/C=C\C/C=C\C/C=C\C=C\[C@@H](O)CC)COP(=O)(O)OCC[N+](C)(C)C. The van der Waals surface area contributed by atoms with E-state index in [9.17, 15) is 24.2 Å². The highest BCUT2D eigenvalue weighted by Gasteiger charge is 2.27. The van der Waals surface area contributed by atoms with Crippen molar-refractivity contribution in [1.82, 2.24) is 0 Å². The van der Waals surface area contributed by atoms with E-state index >= 15 is 0 Å². The number of carbonyl (C=O) groups is 2. The number of nitrogens with zero attached hydrogens (tertiary/aromatic N) is 1. The van der Waals surface area contributed by atoms with Gasteiger partial charge < -0.3 is 24.0 Å². The lowest BCUT2D eigenvalue weighted by atomic mass is 10.1. The van der Waals surface area contributed by atoms with Gasteiger partial charge in [0, 0.05) is 12.8 Å². The van der Waals surface area contributed by atoms with Gasteiger partial charge in [-0.1, -0.05) is 157 Å². The zero-order valence-corrected chi connectivity index (χ0v) is 39.9. The molecule has 0 aliphatic rings. The third-order valence-electron chi connectivity index (χ3n) is 9.57. The Labute approximate surface area is 372 Å². The monoisotopic (exact) mass is 877 g/mol. The van der Waals surface area contributed by atoms with Crippen LogP contribution in [0.15, 0.2) is 85.1 Å². The summed E-state index contributed by atoms with van der Waals surface area (Å²) in [6.07, 6.45) is 50.1. The number of quaternary nitrogens is 1. The summed E-state index contributed by atoms with van der Waals surface area (Å²) in [6, 6.07) is 0. The van der Waals surface area contributed by atoms with E-state index in [4.69, 9.17) is 18.5 Å². The van der Waals surface area contributed by atoms with Crippen molar-refractivity contribution in [2.45, 2.75) is 174 Å². The fraction of sp³-hybridized carbons (Fsp3) is 0.680. The minimum Gasteiger partial charge on any atom is -0.462 e. The third-order valence-corrected chi connectivity index (χ3v) is 10.6. The van der Waals surface area contributed by atoms with Crippen LogP contribution >= 0.6 is 7.82 Å². The zero-order chi connectivity index (χ0) is 45.1. The number of ether oxygens (including phenoxy) is 2. The summed E-state index contributed by atoms with van der Waals surface area (Å²) in [6.45, 7) is 3.97. The minimum atomic E-state index is -4.40. The van der Waals surface area contributed by atoms with E-state index in [1.165, 1.54) is 57.8 Å². The van der Waals surface area contributed by atoms with Gasteiger partial charge in [0.1, 0.15) is 19.8 Å². The van der Waals surface area contributed by atoms with Crippen molar-refractivity contribution in [2.75, 3.05) is 47.5 Å². The van der Waals surface area contributed by atoms with Gasteiger partial charge in [0.15, 0.2) is 6.10 Å². The van der Waals surface area contributed by atoms with E-state index in [0.29, 0.717) is 36.7 Å². The van der Waals surface area contributed by atoms with Crippen LogP contribution in [0.1, 0.15) is 162 Å². The Kier molecular flexibility index (Phi) is 39.3. The van der Waals surface area contributed by atoms with Gasteiger partial charge in [-0.15, -0.1) is 0 Å². The number of carbonyl (C=O) groups excluding carboxylic acids is 2. The standard InChI is InChI=1S/C50H86NO9P/c1-6-8-9-10-11-12-13-14-15-16-17-18-19-24-27-30-33-36-39-42-50(54)60-48(46-59-61(55,56)58-44-43-51(3,4)5)45-57-49(53)41-38-35-32-29-26-23-21-20-22-25-28-31-34-37-40-47(52)7-2/h11-12,14-15,21-23,25,29,31-32,34,37,40,47-48,52H,6-10,13,16-20,24,26-28,30,33,35-36,38-39,41-46H2,1-5H3/p+1/b12-11-,15-14-,23-21-,25-22-,32-29-,34-31-,40-37+/t47-,48+/m0/s1. The first-order chi connectivity index (χ1) is 29.4. The topological polar surface area (TPSA) is 129 Å². The summed E-state index contributed by atoms with van der Waals surface area (Å²) in [5.41, 5.74) is 0. The summed E-state index contributed by atoms with van der Waals surface area (Å²) in [5, 5.41) is 9.49. The molecule has 350 valence electrons. The molecule has 11 heteroatoms. The molecule has 0 saturated carbocycles. The average molecular weight is 877 g/mol. The highest BCUT2D eigenvalue weighted by Crippen LogP contribution is 2.43. The number of hydrogen-bond donors (Lipinski definition) is 2. The van der Waals surface area contributed by atoms with Crippen LogP contribution in [0.5, 0.6) is 0 Å². The first-order valence-corrected chi connectivity index (χ1v) is 24.9. The number of hydrogen-bond acceptors (Lipinski definition) is 8. The van der Waals surface area contributed by atoms with Gasteiger partial charge >= 0.3 is 19.8 Å². The molecule has 0 amide bonds. The van der Waals surface area contributed by atoms with Crippen molar-refractivity contribution < 1.29 is 47.2 Å². The Morgan fingerprint density at radius 1 is 0.590 bits per heavy atom. The molecule has 0 aromatic heterocycles. The number of rotatable bonds is 41. The number of likely N-dealkylation sites (N-methyl/N-ethyl adjacent to an activating group) is 1. The van der Waals surface area contributed by atoms with Crippen LogP contribution in [0, 0.1) is 0 Å². The molecule has 0 aliphatic carbocycles. The summed E-state index contributed by atoms with van der Waals surface area (Å²) in [5.74, 6) is -0.897. The quantitative estimate of drug-likeness (QED) is 0.0154. The molecule has 0 bridgehead atoms. The van der Waals surface area contributed by atoms with Crippen LogP contribution in [-0.4, -0.2) is 86.1 Å². The highest BCUT2D eigenvalue weighted by atomic mass is 31.2. The normalized spacial score (nSPS) is 14.8. The van der Waals surface area contributed by atoms with E-state index in [0.717, 1.165) is 51.4 Å². The van der Waals surface area contributed by atoms with Gasteiger partial charge in [-0.3, -0.25) is 18.6 Å². The van der Waals surface area contributed by atoms with Crippen molar-refractivity contribution >= 4 is 19.8 Å². The lowest BCUT2D eigenvalue weighted by molar-refractivity contribution is -0.870. The molecule has 2 N–H and O–H groups in total. The highest BCUT2D eigenvalue weighted by molar-refractivity contribution is 7.47. The van der Waals surface area contributed by atoms with Crippen molar-refractivity contribution in [2.24, 2.45) is 0 Å². The van der Waals surface area contributed by atoms with E-state index in [2.05, 4.69) is 61.6 Å². The second kappa shape index (κ2) is 41.2. The molecule has 3 atom stereocenters. The predicted molar refractivity (Wildman–Crippen MR) is 253 cm³/mol. The molecule has 0 fully saturated rings. The van der Waals surface area contributed by atoms with E-state index in [1.54, 1.807) is 6.08 Å². The van der Waals surface area contributed by atoms with Gasteiger partial charge in [-0.2, -0.15) is 0 Å². The van der Waals surface area contributed by atoms with Gasteiger partial charge in [0.25, 0.3) is 0 Å². The van der Waals surface area contributed by atoms with Gasteiger partial charge in [0.05, 0.1) is 33.9 Å². The number of aliphatic hydroxyl groups is 1. The second-order valence-electron chi connectivity index (χ2n) is 16.6. The third kappa shape index (κ3) is 45.0. The van der Waals surface area contributed by atoms with Crippen LogP contribution in [0.3, 0.4) is 0 Å². The summed E-state index contributed by atoms with van der Waals surface area (Å²) >= 11 is 0. The number of aliphatic hydroxyl groups excluding tert-OH is 1. The summed E-state index contributed by atoms with van der Waals surface area (Å²) in [4.78, 5) is 35.4. The molecular weight excluding hydrogens is 790 g/mol. The molecule has 0 rings (SSSR count). The maximum absolute atomic E-state index is 12.7. The number of unbranched alkanes of at least 4 members (excludes halogenated alkanes) is 13. The summed E-state index contributed by atoms with van der Waals surface area (Å²) < 4.78 is 34.3. The van der Waals surface area contributed by atoms with Crippen LogP contribution in [0.25, 0.3) is 0 Å². The van der Waals surface area contributed by atoms with Crippen LogP contribution < -0.4 is 0 Å². The van der Waals surface area contributed by atoms with Crippen molar-refractivity contribution in [1.29, 1.82) is 0 Å². The van der Waals surface area contributed by atoms with Crippen molar-refractivity contribution in [3.8, 4) is 0 Å². The molecule has 0 spiro atoms. The molecule has 0 aromatic rings. The van der Waals surface area contributed by atoms with Crippen LogP contribution in [-0.2, 0) is 32.7 Å².